The minimum absolute atomic E-state index is 0.106. The van der Waals surface area contributed by atoms with Crippen molar-refractivity contribution >= 4 is 11.8 Å². The highest BCUT2D eigenvalue weighted by atomic mass is 16.3. The molecule has 0 spiro atoms. The third kappa shape index (κ3) is 5.59. The Hall–Kier alpha value is -1.82. The number of rotatable bonds is 7. The fourth-order valence-corrected chi connectivity index (χ4v) is 3.40. The van der Waals surface area contributed by atoms with Crippen LogP contribution in [0.5, 0.6) is 0 Å². The lowest BCUT2D eigenvalue weighted by molar-refractivity contribution is 0.0565. The summed E-state index contributed by atoms with van der Waals surface area (Å²) in [6.45, 7) is 7.14. The van der Waals surface area contributed by atoms with Gasteiger partial charge in [-0.2, -0.15) is 0 Å². The molecule has 0 aromatic carbocycles. The molecule has 1 fully saturated rings. The predicted octanol–water partition coefficient (Wildman–Crippen LogP) is 2.62. The molecular formula is C19H32N4O2. The monoisotopic (exact) mass is 348 g/mol. The molecule has 2 atom stereocenters. The van der Waals surface area contributed by atoms with Crippen molar-refractivity contribution in [2.24, 2.45) is 5.92 Å². The molecule has 1 saturated carbocycles. The van der Waals surface area contributed by atoms with Gasteiger partial charge in [-0.1, -0.05) is 18.9 Å². The Balaban J connectivity index is 1.80. The average molecular weight is 348 g/mol. The van der Waals surface area contributed by atoms with E-state index in [9.17, 15) is 9.90 Å². The molecule has 0 bridgehead atoms. The Morgan fingerprint density at radius 1 is 1.28 bits per heavy atom. The van der Waals surface area contributed by atoms with Gasteiger partial charge in [0.1, 0.15) is 5.82 Å². The number of aliphatic hydroxyl groups is 1. The van der Waals surface area contributed by atoms with Crippen molar-refractivity contribution in [2.75, 3.05) is 31.6 Å². The van der Waals surface area contributed by atoms with Crippen LogP contribution in [-0.4, -0.2) is 53.8 Å². The minimum atomic E-state index is -0.277. The van der Waals surface area contributed by atoms with Crippen LogP contribution in [0, 0.1) is 5.92 Å². The first-order valence-corrected chi connectivity index (χ1v) is 9.42. The topological polar surface area (TPSA) is 68.7 Å². The first kappa shape index (κ1) is 19.5. The number of aromatic nitrogens is 1. The normalized spacial score (nSPS) is 20.2. The summed E-state index contributed by atoms with van der Waals surface area (Å²) in [5.41, 5.74) is 0.982. The molecule has 1 aliphatic carbocycles. The van der Waals surface area contributed by atoms with Crippen molar-refractivity contribution in [3.05, 3.63) is 23.9 Å². The van der Waals surface area contributed by atoms with Crippen molar-refractivity contribution in [1.82, 2.24) is 15.2 Å². The summed E-state index contributed by atoms with van der Waals surface area (Å²) in [5.74, 6) is 1.16. The highest BCUT2D eigenvalue weighted by molar-refractivity contribution is 5.73. The molecule has 2 unspecified atom stereocenters. The van der Waals surface area contributed by atoms with Crippen molar-refractivity contribution in [3.8, 4) is 0 Å². The van der Waals surface area contributed by atoms with Gasteiger partial charge in [0.25, 0.3) is 0 Å². The number of hydrogen-bond donors (Lipinski definition) is 2. The van der Waals surface area contributed by atoms with Crippen LogP contribution in [0.3, 0.4) is 0 Å². The van der Waals surface area contributed by atoms with Crippen molar-refractivity contribution < 1.29 is 9.90 Å². The van der Waals surface area contributed by atoms with Crippen LogP contribution in [0.2, 0.25) is 0 Å². The zero-order valence-electron chi connectivity index (χ0n) is 15.7. The smallest absolute Gasteiger partial charge is 0.317 e. The van der Waals surface area contributed by atoms with E-state index in [1.165, 1.54) is 0 Å². The van der Waals surface area contributed by atoms with Gasteiger partial charge in [0.15, 0.2) is 0 Å². The molecule has 2 N–H and O–H groups in total. The third-order valence-corrected chi connectivity index (χ3v) is 5.06. The average Bonchev–Trinajstić information content (AvgIpc) is 2.63. The number of urea groups is 1. The van der Waals surface area contributed by atoms with E-state index in [1.54, 1.807) is 11.9 Å². The summed E-state index contributed by atoms with van der Waals surface area (Å²) in [5, 5.41) is 13.0. The molecule has 1 aliphatic rings. The molecule has 6 heteroatoms. The summed E-state index contributed by atoms with van der Waals surface area (Å²) in [7, 11) is 1.79. The second-order valence-electron chi connectivity index (χ2n) is 6.85. The van der Waals surface area contributed by atoms with Crippen LogP contribution in [-0.2, 0) is 6.54 Å². The summed E-state index contributed by atoms with van der Waals surface area (Å²) in [4.78, 5) is 20.6. The van der Waals surface area contributed by atoms with E-state index in [0.717, 1.165) is 50.2 Å². The Kier molecular flexibility index (Phi) is 7.50. The number of anilines is 1. The van der Waals surface area contributed by atoms with Crippen LogP contribution in [0.4, 0.5) is 10.6 Å². The number of hydrogen-bond acceptors (Lipinski definition) is 4. The SMILES string of the molecule is CCN(CC)c1ccc(CNC(=O)N(C)CC2CCCCC2O)cn1. The van der Waals surface area contributed by atoms with E-state index in [4.69, 9.17) is 0 Å². The predicted molar refractivity (Wildman–Crippen MR) is 101 cm³/mol. The van der Waals surface area contributed by atoms with Gasteiger partial charge < -0.3 is 20.2 Å². The van der Waals surface area contributed by atoms with Gasteiger partial charge >= 0.3 is 6.03 Å². The summed E-state index contributed by atoms with van der Waals surface area (Å²) in [6.07, 6.45) is 5.62. The zero-order valence-corrected chi connectivity index (χ0v) is 15.7. The molecule has 140 valence electrons. The highest BCUT2D eigenvalue weighted by Gasteiger charge is 2.25. The van der Waals surface area contributed by atoms with Gasteiger partial charge in [-0.3, -0.25) is 0 Å². The van der Waals surface area contributed by atoms with Gasteiger partial charge in [-0.25, -0.2) is 9.78 Å². The third-order valence-electron chi connectivity index (χ3n) is 5.06. The number of carbonyl (C=O) groups is 1. The molecule has 1 heterocycles. The molecule has 6 nitrogen and oxygen atoms in total. The van der Waals surface area contributed by atoms with E-state index in [2.05, 4.69) is 29.0 Å². The van der Waals surface area contributed by atoms with E-state index in [0.29, 0.717) is 13.1 Å². The van der Waals surface area contributed by atoms with Gasteiger partial charge in [-0.05, 0) is 38.3 Å². The van der Waals surface area contributed by atoms with Crippen LogP contribution < -0.4 is 10.2 Å². The lowest BCUT2D eigenvalue weighted by atomic mass is 9.86. The Morgan fingerprint density at radius 3 is 2.60 bits per heavy atom. The molecule has 2 rings (SSSR count). The van der Waals surface area contributed by atoms with E-state index in [1.807, 2.05) is 18.3 Å². The standard InChI is InChI=1S/C19H32N4O2/c1-4-23(5-2)18-11-10-15(12-20-18)13-21-19(25)22(3)14-16-8-6-7-9-17(16)24/h10-12,16-17,24H,4-9,13-14H2,1-3H3,(H,21,25). The van der Waals surface area contributed by atoms with E-state index >= 15 is 0 Å². The first-order chi connectivity index (χ1) is 12.0. The first-order valence-electron chi connectivity index (χ1n) is 9.42. The number of pyridine rings is 1. The van der Waals surface area contributed by atoms with Crippen LogP contribution in [0.1, 0.15) is 45.1 Å². The highest BCUT2D eigenvalue weighted by Crippen LogP contribution is 2.24. The summed E-state index contributed by atoms with van der Waals surface area (Å²) >= 11 is 0. The van der Waals surface area contributed by atoms with Gasteiger partial charge in [-0.15, -0.1) is 0 Å². The summed E-state index contributed by atoms with van der Waals surface area (Å²) < 4.78 is 0. The van der Waals surface area contributed by atoms with Crippen molar-refractivity contribution in [1.29, 1.82) is 0 Å². The van der Waals surface area contributed by atoms with E-state index in [-0.39, 0.29) is 18.1 Å². The lowest BCUT2D eigenvalue weighted by Crippen LogP contribution is -2.42. The van der Waals surface area contributed by atoms with E-state index < -0.39 is 0 Å². The molecule has 0 saturated heterocycles. The van der Waals surface area contributed by atoms with Gasteiger partial charge in [0, 0.05) is 45.3 Å². The maximum absolute atomic E-state index is 12.3. The quantitative estimate of drug-likeness (QED) is 0.795. The van der Waals surface area contributed by atoms with Crippen molar-refractivity contribution in [3.63, 3.8) is 0 Å². The summed E-state index contributed by atoms with van der Waals surface area (Å²) in [6, 6.07) is 3.90. The van der Waals surface area contributed by atoms with Crippen LogP contribution in [0.15, 0.2) is 18.3 Å². The Morgan fingerprint density at radius 2 is 2.00 bits per heavy atom. The number of nitrogens with one attached hydrogen (secondary N) is 1. The fourth-order valence-electron chi connectivity index (χ4n) is 3.40. The number of amides is 2. The van der Waals surface area contributed by atoms with Gasteiger partial charge in [0.2, 0.25) is 0 Å². The fraction of sp³-hybridized carbons (Fsp3) is 0.684. The second-order valence-corrected chi connectivity index (χ2v) is 6.85. The zero-order chi connectivity index (χ0) is 18.2. The number of carbonyl (C=O) groups excluding carboxylic acids is 1. The number of nitrogens with zero attached hydrogens (tertiary/aromatic N) is 3. The molecule has 2 amide bonds. The molecule has 25 heavy (non-hydrogen) atoms. The molecular weight excluding hydrogens is 316 g/mol. The number of aliphatic hydroxyl groups excluding tert-OH is 1. The maximum atomic E-state index is 12.3. The minimum Gasteiger partial charge on any atom is -0.393 e. The Labute approximate surface area is 151 Å². The maximum Gasteiger partial charge on any atom is 0.317 e. The van der Waals surface area contributed by atoms with Crippen molar-refractivity contribution in [2.45, 2.75) is 52.2 Å². The van der Waals surface area contributed by atoms with Gasteiger partial charge in [0.05, 0.1) is 6.10 Å². The molecule has 0 radical (unpaired) electrons. The van der Waals surface area contributed by atoms with Crippen LogP contribution >= 0.6 is 0 Å². The second kappa shape index (κ2) is 9.61. The molecule has 0 aliphatic heterocycles. The molecule has 1 aromatic heterocycles. The van der Waals surface area contributed by atoms with Crippen LogP contribution in [0.25, 0.3) is 0 Å². The Bertz CT molecular complexity index is 531. The lowest BCUT2D eigenvalue weighted by Gasteiger charge is -2.31. The molecule has 1 aromatic rings. The largest absolute Gasteiger partial charge is 0.393 e.